The zero-order chi connectivity index (χ0) is 16.8. The number of amides is 2. The van der Waals surface area contributed by atoms with Crippen molar-refractivity contribution in [2.24, 2.45) is 5.92 Å². The third-order valence-corrected chi connectivity index (χ3v) is 4.36. The number of nitrogens with one attached hydrogen (secondary N) is 2. The zero-order valence-corrected chi connectivity index (χ0v) is 14.1. The Kier molecular flexibility index (Phi) is 6.02. The first-order valence-electron chi connectivity index (χ1n) is 8.31. The van der Waals surface area contributed by atoms with Crippen molar-refractivity contribution in [3.8, 4) is 5.75 Å². The number of para-hydroxylation sites is 1. The normalized spacial score (nSPS) is 16.5. The highest BCUT2D eigenvalue weighted by Crippen LogP contribution is 2.24. The number of ether oxygens (including phenoxy) is 1. The van der Waals surface area contributed by atoms with Gasteiger partial charge in [-0.2, -0.15) is 0 Å². The number of hydrogen-bond acceptors (Lipinski definition) is 3. The van der Waals surface area contributed by atoms with Crippen molar-refractivity contribution in [3.05, 3.63) is 29.3 Å². The van der Waals surface area contributed by atoms with Crippen molar-refractivity contribution in [2.75, 3.05) is 0 Å². The Labute approximate surface area is 137 Å². The minimum absolute atomic E-state index is 0.0129. The highest BCUT2D eigenvalue weighted by molar-refractivity contribution is 5.85. The molecule has 0 heterocycles. The second-order valence-electron chi connectivity index (χ2n) is 6.29. The summed E-state index contributed by atoms with van der Waals surface area (Å²) in [7, 11) is 0. The first kappa shape index (κ1) is 17.3. The summed E-state index contributed by atoms with van der Waals surface area (Å²) in [6, 6.07) is 5.84. The molecule has 1 aliphatic carbocycles. The van der Waals surface area contributed by atoms with E-state index in [1.54, 1.807) is 6.92 Å². The number of hydrazine groups is 1. The maximum Gasteiger partial charge on any atom is 0.279 e. The quantitative estimate of drug-likeness (QED) is 0.839. The molecule has 1 saturated carbocycles. The van der Waals surface area contributed by atoms with Crippen molar-refractivity contribution in [1.82, 2.24) is 10.9 Å². The topological polar surface area (TPSA) is 67.4 Å². The highest BCUT2D eigenvalue weighted by atomic mass is 16.5. The van der Waals surface area contributed by atoms with Crippen LogP contribution in [0.5, 0.6) is 5.75 Å². The lowest BCUT2D eigenvalue weighted by molar-refractivity contribution is -0.134. The molecule has 0 aromatic heterocycles. The number of rotatable bonds is 4. The van der Waals surface area contributed by atoms with Gasteiger partial charge in [0.05, 0.1) is 0 Å². The van der Waals surface area contributed by atoms with Gasteiger partial charge >= 0.3 is 0 Å². The number of aryl methyl sites for hydroxylation is 2. The van der Waals surface area contributed by atoms with Crippen molar-refractivity contribution in [3.63, 3.8) is 0 Å². The number of carbonyl (C=O) groups excluding carboxylic acids is 2. The number of benzene rings is 1. The van der Waals surface area contributed by atoms with Gasteiger partial charge in [0.25, 0.3) is 5.91 Å². The maximum atomic E-state index is 12.1. The van der Waals surface area contributed by atoms with E-state index in [0.29, 0.717) is 5.75 Å². The lowest BCUT2D eigenvalue weighted by Gasteiger charge is -2.22. The summed E-state index contributed by atoms with van der Waals surface area (Å²) in [6.45, 7) is 5.56. The Morgan fingerprint density at radius 2 is 1.70 bits per heavy atom. The first-order chi connectivity index (χ1) is 11.0. The van der Waals surface area contributed by atoms with Crippen LogP contribution in [0.3, 0.4) is 0 Å². The number of hydrogen-bond donors (Lipinski definition) is 2. The molecule has 23 heavy (non-hydrogen) atoms. The third-order valence-electron chi connectivity index (χ3n) is 4.36. The fourth-order valence-corrected chi connectivity index (χ4v) is 2.91. The summed E-state index contributed by atoms with van der Waals surface area (Å²) in [4.78, 5) is 24.1. The molecular formula is C18H26N2O3. The SMILES string of the molecule is Cc1cccc(C)c1O[C@@H](C)C(=O)NNC(=O)C1CCCCC1. The molecule has 1 aliphatic rings. The predicted molar refractivity (Wildman–Crippen MR) is 88.9 cm³/mol. The predicted octanol–water partition coefficient (Wildman–Crippen LogP) is 2.80. The fraction of sp³-hybridized carbons (Fsp3) is 0.556. The van der Waals surface area contributed by atoms with Crippen LogP contribution in [0, 0.1) is 19.8 Å². The lowest BCUT2D eigenvalue weighted by atomic mass is 9.89. The van der Waals surface area contributed by atoms with Crippen LogP contribution in [0.2, 0.25) is 0 Å². The Bertz CT molecular complexity index is 545. The van der Waals surface area contributed by atoms with E-state index in [1.807, 2.05) is 32.0 Å². The molecular weight excluding hydrogens is 292 g/mol. The van der Waals surface area contributed by atoms with Crippen LogP contribution in [0.4, 0.5) is 0 Å². The molecule has 126 valence electrons. The fourth-order valence-electron chi connectivity index (χ4n) is 2.91. The van der Waals surface area contributed by atoms with Gasteiger partial charge in [-0.3, -0.25) is 20.4 Å². The Morgan fingerprint density at radius 3 is 2.30 bits per heavy atom. The molecule has 1 aromatic rings. The van der Waals surface area contributed by atoms with Gasteiger partial charge in [0, 0.05) is 5.92 Å². The largest absolute Gasteiger partial charge is 0.480 e. The van der Waals surface area contributed by atoms with E-state index in [0.717, 1.165) is 36.8 Å². The summed E-state index contributed by atoms with van der Waals surface area (Å²) in [6.07, 6.45) is 4.47. The van der Waals surface area contributed by atoms with Crippen LogP contribution in [0.15, 0.2) is 18.2 Å². The number of carbonyl (C=O) groups is 2. The van der Waals surface area contributed by atoms with E-state index < -0.39 is 6.10 Å². The van der Waals surface area contributed by atoms with Crippen LogP contribution < -0.4 is 15.6 Å². The summed E-state index contributed by atoms with van der Waals surface area (Å²) >= 11 is 0. The van der Waals surface area contributed by atoms with Crippen LogP contribution in [0.1, 0.15) is 50.2 Å². The summed E-state index contributed by atoms with van der Waals surface area (Å²) in [5.74, 6) is 0.279. The van der Waals surface area contributed by atoms with Gasteiger partial charge in [-0.05, 0) is 44.7 Å². The monoisotopic (exact) mass is 318 g/mol. The first-order valence-corrected chi connectivity index (χ1v) is 8.31. The van der Waals surface area contributed by atoms with E-state index in [4.69, 9.17) is 4.74 Å². The molecule has 5 nitrogen and oxygen atoms in total. The second kappa shape index (κ2) is 7.99. The van der Waals surface area contributed by atoms with Crippen LogP contribution in [-0.2, 0) is 9.59 Å². The lowest BCUT2D eigenvalue weighted by Crippen LogP contribution is -2.49. The average molecular weight is 318 g/mol. The van der Waals surface area contributed by atoms with Gasteiger partial charge in [0.2, 0.25) is 5.91 Å². The summed E-state index contributed by atoms with van der Waals surface area (Å²) in [5, 5.41) is 0. The van der Waals surface area contributed by atoms with Gasteiger partial charge in [0.1, 0.15) is 5.75 Å². The van der Waals surface area contributed by atoms with Gasteiger partial charge in [-0.1, -0.05) is 37.5 Å². The molecule has 0 spiro atoms. The van der Waals surface area contributed by atoms with E-state index in [1.165, 1.54) is 6.42 Å². The Morgan fingerprint density at radius 1 is 1.09 bits per heavy atom. The molecule has 2 rings (SSSR count). The molecule has 5 heteroatoms. The van der Waals surface area contributed by atoms with Gasteiger partial charge < -0.3 is 4.74 Å². The highest BCUT2D eigenvalue weighted by Gasteiger charge is 2.23. The van der Waals surface area contributed by atoms with E-state index >= 15 is 0 Å². The molecule has 1 atom stereocenters. The molecule has 0 aliphatic heterocycles. The minimum Gasteiger partial charge on any atom is -0.480 e. The van der Waals surface area contributed by atoms with E-state index in [2.05, 4.69) is 10.9 Å². The summed E-state index contributed by atoms with van der Waals surface area (Å²) < 4.78 is 5.75. The molecule has 0 radical (unpaired) electrons. The van der Waals surface area contributed by atoms with Crippen LogP contribution in [-0.4, -0.2) is 17.9 Å². The van der Waals surface area contributed by atoms with Gasteiger partial charge in [-0.25, -0.2) is 0 Å². The Hall–Kier alpha value is -2.04. The minimum atomic E-state index is -0.679. The molecule has 1 fully saturated rings. The van der Waals surface area contributed by atoms with Crippen molar-refractivity contribution < 1.29 is 14.3 Å². The standard InChI is InChI=1S/C18H26N2O3/c1-12-8-7-9-13(2)16(12)23-14(3)17(21)19-20-18(22)15-10-5-4-6-11-15/h7-9,14-15H,4-6,10-11H2,1-3H3,(H,19,21)(H,20,22)/t14-/m0/s1. The van der Waals surface area contributed by atoms with Crippen molar-refractivity contribution in [1.29, 1.82) is 0 Å². The van der Waals surface area contributed by atoms with Crippen LogP contribution >= 0.6 is 0 Å². The van der Waals surface area contributed by atoms with Crippen molar-refractivity contribution >= 4 is 11.8 Å². The molecule has 2 N–H and O–H groups in total. The average Bonchev–Trinajstić information content (AvgIpc) is 2.56. The van der Waals surface area contributed by atoms with Gasteiger partial charge in [-0.15, -0.1) is 0 Å². The van der Waals surface area contributed by atoms with Gasteiger partial charge in [0.15, 0.2) is 6.10 Å². The van der Waals surface area contributed by atoms with Crippen LogP contribution in [0.25, 0.3) is 0 Å². The molecule has 0 bridgehead atoms. The molecule has 0 unspecified atom stereocenters. The van der Waals surface area contributed by atoms with E-state index in [9.17, 15) is 9.59 Å². The second-order valence-corrected chi connectivity index (χ2v) is 6.29. The Balaban J connectivity index is 1.84. The molecule has 2 amide bonds. The molecule has 1 aromatic carbocycles. The maximum absolute atomic E-state index is 12.1. The zero-order valence-electron chi connectivity index (χ0n) is 14.1. The summed E-state index contributed by atoms with van der Waals surface area (Å²) in [5.41, 5.74) is 6.97. The smallest absolute Gasteiger partial charge is 0.279 e. The van der Waals surface area contributed by atoms with Crippen molar-refractivity contribution in [2.45, 2.75) is 59.0 Å². The third kappa shape index (κ3) is 4.71. The molecule has 0 saturated heterocycles. The van der Waals surface area contributed by atoms with E-state index in [-0.39, 0.29) is 17.7 Å².